The Morgan fingerprint density at radius 2 is 2.03 bits per heavy atom. The van der Waals surface area contributed by atoms with Crippen molar-refractivity contribution in [1.29, 1.82) is 0 Å². The molecule has 2 aromatic rings. The van der Waals surface area contributed by atoms with Crippen LogP contribution in [0.15, 0.2) is 48.5 Å². The number of methoxy groups -OCH3 is 1. The first-order chi connectivity index (χ1) is 15.5. The van der Waals surface area contributed by atoms with Gasteiger partial charge in [-0.05, 0) is 60.6 Å². The van der Waals surface area contributed by atoms with Crippen molar-refractivity contribution in [3.63, 3.8) is 0 Å². The van der Waals surface area contributed by atoms with Gasteiger partial charge in [-0.25, -0.2) is 0 Å². The maximum atomic E-state index is 11.7. The van der Waals surface area contributed by atoms with Gasteiger partial charge in [0.05, 0.1) is 12.7 Å². The van der Waals surface area contributed by atoms with E-state index < -0.39 is 6.10 Å². The Balaban J connectivity index is 1.44. The largest absolute Gasteiger partial charge is 0.484 e. The zero-order valence-electron chi connectivity index (χ0n) is 18.6. The standard InChI is InChI=1S/C25H33ClN2O4/c1-31-13-12-27-25(30)17-32-23-10-8-18(9-11-23)19-4-3-7-22(15-19)28-16-24(29)20-5-2-6-21(26)14-20/h2,5-6,8-11,14,19,22,24,28-29H,3-4,7,12-13,15-17H2,1H3,(H,27,30)/t19?,22?,24-/m0/s1. The Kier molecular flexibility index (Phi) is 9.81. The molecule has 2 aromatic carbocycles. The summed E-state index contributed by atoms with van der Waals surface area (Å²) in [5.74, 6) is 0.994. The van der Waals surface area contributed by atoms with Crippen molar-refractivity contribution in [3.8, 4) is 5.75 Å². The minimum atomic E-state index is -0.572. The summed E-state index contributed by atoms with van der Waals surface area (Å²) in [6.07, 6.45) is 3.87. The Bertz CT molecular complexity index is 846. The first kappa shape index (κ1) is 24.5. The van der Waals surface area contributed by atoms with Crippen LogP contribution in [0.3, 0.4) is 0 Å². The lowest BCUT2D eigenvalue weighted by Crippen LogP contribution is -2.36. The second-order valence-electron chi connectivity index (χ2n) is 8.24. The van der Waals surface area contributed by atoms with Crippen LogP contribution >= 0.6 is 11.6 Å². The summed E-state index contributed by atoms with van der Waals surface area (Å²) < 4.78 is 10.5. The molecule has 0 saturated heterocycles. The van der Waals surface area contributed by atoms with Gasteiger partial charge in [-0.15, -0.1) is 0 Å². The van der Waals surface area contributed by atoms with Crippen molar-refractivity contribution < 1.29 is 19.4 Å². The first-order valence-electron chi connectivity index (χ1n) is 11.2. The maximum Gasteiger partial charge on any atom is 0.258 e. The fourth-order valence-corrected chi connectivity index (χ4v) is 4.32. The van der Waals surface area contributed by atoms with Crippen LogP contribution in [-0.2, 0) is 9.53 Å². The van der Waals surface area contributed by atoms with E-state index in [1.807, 2.05) is 36.4 Å². The molecule has 1 amide bonds. The Hall–Kier alpha value is -2.12. The van der Waals surface area contributed by atoms with Gasteiger partial charge in [0.25, 0.3) is 5.91 Å². The van der Waals surface area contributed by atoms with Gasteiger partial charge in [0.2, 0.25) is 0 Å². The number of aliphatic hydroxyl groups excluding tert-OH is 1. The summed E-state index contributed by atoms with van der Waals surface area (Å²) >= 11 is 6.03. The minimum Gasteiger partial charge on any atom is -0.484 e. The van der Waals surface area contributed by atoms with E-state index in [4.69, 9.17) is 21.1 Å². The number of rotatable bonds is 11. The molecule has 174 valence electrons. The molecule has 0 aliphatic heterocycles. The molecule has 1 fully saturated rings. The van der Waals surface area contributed by atoms with Crippen molar-refractivity contribution in [3.05, 3.63) is 64.7 Å². The van der Waals surface area contributed by atoms with Crippen molar-refractivity contribution in [2.75, 3.05) is 33.4 Å². The third-order valence-electron chi connectivity index (χ3n) is 5.86. The Labute approximate surface area is 195 Å². The van der Waals surface area contributed by atoms with E-state index in [9.17, 15) is 9.90 Å². The molecule has 0 radical (unpaired) electrons. The van der Waals surface area contributed by atoms with Crippen LogP contribution in [0.25, 0.3) is 0 Å². The fraction of sp³-hybridized carbons (Fsp3) is 0.480. The molecule has 0 aromatic heterocycles. The highest BCUT2D eigenvalue weighted by atomic mass is 35.5. The molecule has 1 aliphatic rings. The smallest absolute Gasteiger partial charge is 0.258 e. The van der Waals surface area contributed by atoms with Gasteiger partial charge in [-0.3, -0.25) is 4.79 Å². The highest BCUT2D eigenvalue weighted by molar-refractivity contribution is 6.30. The highest BCUT2D eigenvalue weighted by Crippen LogP contribution is 2.34. The highest BCUT2D eigenvalue weighted by Gasteiger charge is 2.23. The number of carbonyl (C=O) groups is 1. The number of amides is 1. The molecule has 2 unspecified atom stereocenters. The lowest BCUT2D eigenvalue weighted by molar-refractivity contribution is -0.123. The summed E-state index contributed by atoms with van der Waals surface area (Å²) in [6, 6.07) is 15.8. The number of hydrogen-bond acceptors (Lipinski definition) is 5. The van der Waals surface area contributed by atoms with Gasteiger partial charge in [-0.2, -0.15) is 0 Å². The van der Waals surface area contributed by atoms with Crippen molar-refractivity contribution in [2.45, 2.75) is 43.7 Å². The molecule has 0 heterocycles. The molecule has 32 heavy (non-hydrogen) atoms. The molecular formula is C25H33ClN2O4. The molecule has 3 atom stereocenters. The Morgan fingerprint density at radius 1 is 1.22 bits per heavy atom. The normalized spacial score (nSPS) is 19.3. The number of carbonyl (C=O) groups excluding carboxylic acids is 1. The molecule has 1 aliphatic carbocycles. The summed E-state index contributed by atoms with van der Waals surface area (Å²) in [6.45, 7) is 1.46. The number of ether oxygens (including phenoxy) is 2. The van der Waals surface area contributed by atoms with Crippen LogP contribution in [-0.4, -0.2) is 50.5 Å². The van der Waals surface area contributed by atoms with Crippen LogP contribution in [0.5, 0.6) is 5.75 Å². The monoisotopic (exact) mass is 460 g/mol. The molecule has 6 nitrogen and oxygen atoms in total. The third-order valence-corrected chi connectivity index (χ3v) is 6.09. The van der Waals surface area contributed by atoms with Gasteiger partial charge < -0.3 is 25.2 Å². The second-order valence-corrected chi connectivity index (χ2v) is 8.68. The van der Waals surface area contributed by atoms with Gasteiger partial charge in [0.1, 0.15) is 5.75 Å². The first-order valence-corrected chi connectivity index (χ1v) is 11.6. The minimum absolute atomic E-state index is 0.00651. The van der Waals surface area contributed by atoms with Crippen LogP contribution in [0.4, 0.5) is 0 Å². The predicted octanol–water partition coefficient (Wildman–Crippen LogP) is 3.83. The Morgan fingerprint density at radius 3 is 2.78 bits per heavy atom. The van der Waals surface area contributed by atoms with Gasteiger partial charge >= 0.3 is 0 Å². The van der Waals surface area contributed by atoms with E-state index in [0.717, 1.165) is 31.2 Å². The molecule has 0 spiro atoms. The average molecular weight is 461 g/mol. The van der Waals surface area contributed by atoms with Crippen LogP contribution in [0, 0.1) is 0 Å². The number of halogens is 1. The zero-order valence-corrected chi connectivity index (χ0v) is 19.3. The number of benzene rings is 2. The van der Waals surface area contributed by atoms with Gasteiger partial charge in [0.15, 0.2) is 6.61 Å². The number of nitrogens with one attached hydrogen (secondary N) is 2. The number of aliphatic hydroxyl groups is 1. The maximum absolute atomic E-state index is 11.7. The quantitative estimate of drug-likeness (QED) is 0.444. The van der Waals surface area contributed by atoms with Crippen molar-refractivity contribution in [2.24, 2.45) is 0 Å². The van der Waals surface area contributed by atoms with Gasteiger partial charge in [0, 0.05) is 31.3 Å². The lowest BCUT2D eigenvalue weighted by atomic mass is 9.81. The summed E-state index contributed by atoms with van der Waals surface area (Å²) in [7, 11) is 1.60. The van der Waals surface area contributed by atoms with Gasteiger partial charge in [-0.1, -0.05) is 42.3 Å². The van der Waals surface area contributed by atoms with Crippen LogP contribution in [0.2, 0.25) is 5.02 Å². The van der Waals surface area contributed by atoms with Crippen molar-refractivity contribution in [1.82, 2.24) is 10.6 Å². The van der Waals surface area contributed by atoms with Crippen LogP contribution < -0.4 is 15.4 Å². The summed E-state index contributed by atoms with van der Waals surface area (Å²) in [5.41, 5.74) is 2.11. The molecule has 0 bridgehead atoms. The lowest BCUT2D eigenvalue weighted by Gasteiger charge is -2.31. The van der Waals surface area contributed by atoms with E-state index in [1.165, 1.54) is 5.56 Å². The third kappa shape index (κ3) is 7.78. The zero-order chi connectivity index (χ0) is 22.8. The molecule has 7 heteroatoms. The molecular weight excluding hydrogens is 428 g/mol. The predicted molar refractivity (Wildman–Crippen MR) is 126 cm³/mol. The topological polar surface area (TPSA) is 79.8 Å². The average Bonchev–Trinajstić information content (AvgIpc) is 2.82. The van der Waals surface area contributed by atoms with E-state index >= 15 is 0 Å². The SMILES string of the molecule is COCCNC(=O)COc1ccc(C2CCCC(NC[C@H](O)c3cccc(Cl)c3)C2)cc1. The number of hydrogen-bond donors (Lipinski definition) is 3. The summed E-state index contributed by atoms with van der Waals surface area (Å²) in [5, 5.41) is 17.4. The van der Waals surface area contributed by atoms with E-state index in [-0.39, 0.29) is 12.5 Å². The van der Waals surface area contributed by atoms with Crippen molar-refractivity contribution >= 4 is 17.5 Å². The molecule has 3 N–H and O–H groups in total. The van der Waals surface area contributed by atoms with E-state index in [1.54, 1.807) is 7.11 Å². The molecule has 1 saturated carbocycles. The van der Waals surface area contributed by atoms with E-state index in [2.05, 4.69) is 22.8 Å². The molecule has 3 rings (SSSR count). The second kappa shape index (κ2) is 12.8. The van der Waals surface area contributed by atoms with E-state index in [0.29, 0.717) is 42.4 Å². The van der Waals surface area contributed by atoms with Crippen LogP contribution in [0.1, 0.15) is 48.8 Å². The summed E-state index contributed by atoms with van der Waals surface area (Å²) in [4.78, 5) is 11.7. The fourth-order valence-electron chi connectivity index (χ4n) is 4.12.